The minimum atomic E-state index is 0.127. The molecule has 2 heteroatoms. The maximum Gasteiger partial charge on any atom is 0.125 e. The summed E-state index contributed by atoms with van der Waals surface area (Å²) in [5.74, 6) is 0.909. The number of hydrogen-bond donors (Lipinski definition) is 1. The Morgan fingerprint density at radius 2 is 2.09 bits per heavy atom. The fraction of sp³-hybridized carbons (Fsp3) is 0.444. The number of nitrogens with one attached hydrogen (secondary N) is 1. The lowest BCUT2D eigenvalue weighted by Gasteiger charge is -2.11. The van der Waals surface area contributed by atoms with E-state index in [1.807, 2.05) is 19.3 Å². The Kier molecular flexibility index (Phi) is 2.13. The fourth-order valence-electron chi connectivity index (χ4n) is 0.850. The van der Waals surface area contributed by atoms with Crippen molar-refractivity contribution in [1.82, 2.24) is 5.32 Å². The SMILES string of the molecule is CNC1=NC=CC(C)(C)C=C1. The van der Waals surface area contributed by atoms with Gasteiger partial charge in [0.1, 0.15) is 5.84 Å². The van der Waals surface area contributed by atoms with Crippen molar-refractivity contribution in [3.63, 3.8) is 0 Å². The number of rotatable bonds is 0. The maximum atomic E-state index is 4.18. The van der Waals surface area contributed by atoms with Crippen molar-refractivity contribution >= 4 is 5.84 Å². The Bertz CT molecular complexity index is 222. The Morgan fingerprint density at radius 3 is 2.73 bits per heavy atom. The third kappa shape index (κ3) is 2.22. The van der Waals surface area contributed by atoms with Crippen molar-refractivity contribution in [2.24, 2.45) is 10.4 Å². The molecular formula is C9H14N2. The van der Waals surface area contributed by atoms with Crippen molar-refractivity contribution in [3.05, 3.63) is 24.4 Å². The Balaban J connectivity index is 2.83. The lowest BCUT2D eigenvalue weighted by molar-refractivity contribution is 0.626. The van der Waals surface area contributed by atoms with Gasteiger partial charge in [-0.15, -0.1) is 0 Å². The zero-order valence-corrected chi connectivity index (χ0v) is 7.26. The van der Waals surface area contributed by atoms with E-state index in [4.69, 9.17) is 0 Å². The quantitative estimate of drug-likeness (QED) is 0.558. The van der Waals surface area contributed by atoms with E-state index < -0.39 is 0 Å². The minimum absolute atomic E-state index is 0.127. The highest BCUT2D eigenvalue weighted by Crippen LogP contribution is 2.20. The number of aliphatic imine (C=N–C) groups is 1. The molecule has 1 aliphatic rings. The summed E-state index contributed by atoms with van der Waals surface area (Å²) in [6.45, 7) is 4.29. The largest absolute Gasteiger partial charge is 0.373 e. The average molecular weight is 150 g/mol. The summed E-state index contributed by atoms with van der Waals surface area (Å²) in [4.78, 5) is 4.18. The molecule has 1 N–H and O–H groups in total. The van der Waals surface area contributed by atoms with Crippen LogP contribution in [0.3, 0.4) is 0 Å². The van der Waals surface area contributed by atoms with Crippen LogP contribution in [-0.4, -0.2) is 12.9 Å². The van der Waals surface area contributed by atoms with Crippen LogP contribution in [0.25, 0.3) is 0 Å². The van der Waals surface area contributed by atoms with Gasteiger partial charge in [0.25, 0.3) is 0 Å². The number of likely N-dealkylation sites (N-methyl/N-ethyl adjacent to an activating group) is 1. The van der Waals surface area contributed by atoms with E-state index in [1.165, 1.54) is 0 Å². The first kappa shape index (κ1) is 8.05. The zero-order chi connectivity index (χ0) is 8.32. The van der Waals surface area contributed by atoms with Crippen LogP contribution in [0.1, 0.15) is 13.8 Å². The second-order valence-electron chi connectivity index (χ2n) is 3.23. The first-order valence-corrected chi connectivity index (χ1v) is 3.76. The van der Waals surface area contributed by atoms with Gasteiger partial charge < -0.3 is 5.32 Å². The first-order chi connectivity index (χ1) is 5.14. The van der Waals surface area contributed by atoms with Gasteiger partial charge in [-0.1, -0.05) is 26.0 Å². The van der Waals surface area contributed by atoms with E-state index in [-0.39, 0.29) is 5.41 Å². The molecule has 0 aromatic carbocycles. The van der Waals surface area contributed by atoms with Crippen molar-refractivity contribution in [1.29, 1.82) is 0 Å². The van der Waals surface area contributed by atoms with Gasteiger partial charge in [-0.25, -0.2) is 4.99 Å². The topological polar surface area (TPSA) is 24.4 Å². The third-order valence-electron chi connectivity index (χ3n) is 1.64. The van der Waals surface area contributed by atoms with Crippen LogP contribution in [0.2, 0.25) is 0 Å². The smallest absolute Gasteiger partial charge is 0.125 e. The molecule has 11 heavy (non-hydrogen) atoms. The lowest BCUT2D eigenvalue weighted by atomic mass is 9.93. The molecule has 0 atom stereocenters. The molecule has 1 rings (SSSR count). The van der Waals surface area contributed by atoms with E-state index in [0.717, 1.165) is 5.84 Å². The molecule has 0 unspecified atom stereocenters. The predicted molar refractivity (Wildman–Crippen MR) is 48.6 cm³/mol. The van der Waals surface area contributed by atoms with Gasteiger partial charge in [-0.05, 0) is 6.08 Å². The molecule has 0 aromatic heterocycles. The molecule has 1 aliphatic heterocycles. The molecule has 0 amide bonds. The fourth-order valence-corrected chi connectivity index (χ4v) is 0.850. The molecule has 2 nitrogen and oxygen atoms in total. The van der Waals surface area contributed by atoms with E-state index in [9.17, 15) is 0 Å². The Morgan fingerprint density at radius 1 is 1.36 bits per heavy atom. The molecule has 0 aromatic rings. The molecule has 0 saturated carbocycles. The van der Waals surface area contributed by atoms with Crippen molar-refractivity contribution < 1.29 is 0 Å². The van der Waals surface area contributed by atoms with Crippen LogP contribution < -0.4 is 5.32 Å². The molecule has 1 heterocycles. The summed E-state index contributed by atoms with van der Waals surface area (Å²) in [7, 11) is 1.87. The number of allylic oxidation sites excluding steroid dienone is 2. The van der Waals surface area contributed by atoms with Gasteiger partial charge in [-0.2, -0.15) is 0 Å². The van der Waals surface area contributed by atoms with E-state index in [0.29, 0.717) is 0 Å². The van der Waals surface area contributed by atoms with Crippen LogP contribution >= 0.6 is 0 Å². The van der Waals surface area contributed by atoms with Gasteiger partial charge in [0.15, 0.2) is 0 Å². The number of hydrogen-bond acceptors (Lipinski definition) is 2. The summed E-state index contributed by atoms with van der Waals surface area (Å²) in [5.41, 5.74) is 0.127. The van der Waals surface area contributed by atoms with Crippen LogP contribution in [0.15, 0.2) is 29.4 Å². The monoisotopic (exact) mass is 150 g/mol. The second kappa shape index (κ2) is 2.91. The van der Waals surface area contributed by atoms with Gasteiger partial charge in [0.05, 0.1) is 0 Å². The second-order valence-corrected chi connectivity index (χ2v) is 3.23. The first-order valence-electron chi connectivity index (χ1n) is 3.76. The predicted octanol–water partition coefficient (Wildman–Crippen LogP) is 1.71. The van der Waals surface area contributed by atoms with Crippen LogP contribution in [0, 0.1) is 5.41 Å². The molecule has 0 fully saturated rings. The normalized spacial score (nSPS) is 20.8. The van der Waals surface area contributed by atoms with Crippen molar-refractivity contribution in [2.75, 3.05) is 7.05 Å². The summed E-state index contributed by atoms with van der Waals surface area (Å²) in [6, 6.07) is 0. The highest BCUT2D eigenvalue weighted by atomic mass is 14.9. The van der Waals surface area contributed by atoms with Gasteiger partial charge in [0, 0.05) is 18.7 Å². The highest BCUT2D eigenvalue weighted by molar-refractivity contribution is 5.93. The molecule has 60 valence electrons. The minimum Gasteiger partial charge on any atom is -0.373 e. The molecular weight excluding hydrogens is 136 g/mol. The molecule has 0 aliphatic carbocycles. The van der Waals surface area contributed by atoms with Crippen LogP contribution in [0.5, 0.6) is 0 Å². The highest BCUT2D eigenvalue weighted by Gasteiger charge is 2.10. The molecule has 0 saturated heterocycles. The van der Waals surface area contributed by atoms with Crippen LogP contribution in [0.4, 0.5) is 0 Å². The molecule has 0 radical (unpaired) electrons. The van der Waals surface area contributed by atoms with Gasteiger partial charge >= 0.3 is 0 Å². The Hall–Kier alpha value is -1.05. The van der Waals surface area contributed by atoms with E-state index >= 15 is 0 Å². The van der Waals surface area contributed by atoms with Crippen molar-refractivity contribution in [3.8, 4) is 0 Å². The molecule has 0 bridgehead atoms. The van der Waals surface area contributed by atoms with Crippen molar-refractivity contribution in [2.45, 2.75) is 13.8 Å². The average Bonchev–Trinajstić information content (AvgIpc) is 2.10. The zero-order valence-electron chi connectivity index (χ0n) is 7.26. The van der Waals surface area contributed by atoms with Gasteiger partial charge in [-0.3, -0.25) is 0 Å². The summed E-state index contributed by atoms with van der Waals surface area (Å²) >= 11 is 0. The van der Waals surface area contributed by atoms with E-state index in [1.54, 1.807) is 0 Å². The molecule has 0 spiro atoms. The summed E-state index contributed by atoms with van der Waals surface area (Å²) in [5, 5.41) is 2.99. The maximum absolute atomic E-state index is 4.18. The number of amidine groups is 1. The lowest BCUT2D eigenvalue weighted by Crippen LogP contribution is -2.14. The summed E-state index contributed by atoms with van der Waals surface area (Å²) < 4.78 is 0. The number of nitrogens with zero attached hydrogens (tertiary/aromatic N) is 1. The third-order valence-corrected chi connectivity index (χ3v) is 1.64. The Labute approximate surface area is 67.7 Å². The van der Waals surface area contributed by atoms with E-state index in [2.05, 4.69) is 36.3 Å². The van der Waals surface area contributed by atoms with Crippen LogP contribution in [-0.2, 0) is 0 Å². The van der Waals surface area contributed by atoms with Gasteiger partial charge in [0.2, 0.25) is 0 Å². The standard InChI is InChI=1S/C9H14N2/c1-9(2)5-4-8(10-3)11-7-6-9/h4-7H,1-3H3,(H,10,11). The summed E-state index contributed by atoms with van der Waals surface area (Å²) in [6.07, 6.45) is 8.05.